The van der Waals surface area contributed by atoms with Crippen LogP contribution in [-0.4, -0.2) is 10.5 Å². The van der Waals surface area contributed by atoms with Gasteiger partial charge in [0.1, 0.15) is 0 Å². The van der Waals surface area contributed by atoms with E-state index in [-0.39, 0.29) is 10.5 Å². The number of hydrogen-bond acceptors (Lipinski definition) is 2. The molecule has 0 aromatic rings. The van der Waals surface area contributed by atoms with Gasteiger partial charge in [-0.1, -0.05) is 0 Å². The van der Waals surface area contributed by atoms with E-state index < -0.39 is 0 Å². The fourth-order valence-corrected chi connectivity index (χ4v) is 1.24. The third-order valence-electron chi connectivity index (χ3n) is 1.18. The summed E-state index contributed by atoms with van der Waals surface area (Å²) in [7, 11) is 0. The van der Waals surface area contributed by atoms with Crippen molar-refractivity contribution in [3.8, 4) is 0 Å². The second-order valence-corrected chi connectivity index (χ2v) is 3.82. The minimum atomic E-state index is -0.181. The van der Waals surface area contributed by atoms with Crippen LogP contribution in [0.4, 0.5) is 0 Å². The van der Waals surface area contributed by atoms with Crippen molar-refractivity contribution in [2.75, 3.05) is 0 Å². The normalized spacial score (nSPS) is 24.5. The van der Waals surface area contributed by atoms with E-state index in [4.69, 9.17) is 0 Å². The Morgan fingerprint density at radius 1 is 1.62 bits per heavy atom. The van der Waals surface area contributed by atoms with E-state index in [1.54, 1.807) is 17.8 Å². The molecule has 0 unspecified atom stereocenters. The molecule has 0 N–H and O–H groups in total. The van der Waals surface area contributed by atoms with E-state index in [1.807, 2.05) is 19.3 Å². The minimum absolute atomic E-state index is 0.181. The quantitative estimate of drug-likeness (QED) is 0.493. The van der Waals surface area contributed by atoms with E-state index in [2.05, 4.69) is 0 Å². The lowest BCUT2D eigenvalue weighted by Gasteiger charge is -2.11. The van der Waals surface area contributed by atoms with Crippen LogP contribution in [-0.2, 0) is 4.79 Å². The summed E-state index contributed by atoms with van der Waals surface area (Å²) >= 11 is 1.58. The lowest BCUT2D eigenvalue weighted by Crippen LogP contribution is -2.21. The third kappa shape index (κ3) is 0.802. The van der Waals surface area contributed by atoms with Gasteiger partial charge in [-0.3, -0.25) is 4.79 Å². The molecule has 44 valence electrons. The molecule has 1 heterocycles. The fourth-order valence-electron chi connectivity index (χ4n) is 0.525. The summed E-state index contributed by atoms with van der Waals surface area (Å²) in [6.45, 7) is 3.86. The van der Waals surface area contributed by atoms with E-state index in [9.17, 15) is 4.79 Å². The van der Waals surface area contributed by atoms with Gasteiger partial charge in [0.25, 0.3) is 0 Å². The van der Waals surface area contributed by atoms with Crippen molar-refractivity contribution < 1.29 is 4.79 Å². The van der Waals surface area contributed by atoms with Crippen molar-refractivity contribution in [1.82, 2.24) is 0 Å². The Balaban J connectivity index is 2.79. The molecule has 8 heavy (non-hydrogen) atoms. The minimum Gasteiger partial charge on any atom is -0.293 e. The average molecular weight is 128 g/mol. The SMILES string of the molecule is CC1(C)SC=CC1=O. The average Bonchev–Trinajstić information content (AvgIpc) is 1.86. The Labute approximate surface area is 53.2 Å². The van der Waals surface area contributed by atoms with Crippen LogP contribution < -0.4 is 0 Å². The summed E-state index contributed by atoms with van der Waals surface area (Å²) in [5.41, 5.74) is 0. The number of thioether (sulfide) groups is 1. The summed E-state index contributed by atoms with van der Waals surface area (Å²) in [6.07, 6.45) is 1.63. The highest BCUT2D eigenvalue weighted by Crippen LogP contribution is 2.31. The maximum atomic E-state index is 10.8. The van der Waals surface area contributed by atoms with E-state index >= 15 is 0 Å². The molecular formula is C6H8OS. The maximum Gasteiger partial charge on any atom is 0.171 e. The van der Waals surface area contributed by atoms with Crippen LogP contribution in [0.5, 0.6) is 0 Å². The van der Waals surface area contributed by atoms with E-state index in [1.165, 1.54) is 0 Å². The number of carbonyl (C=O) groups is 1. The molecule has 0 bridgehead atoms. The van der Waals surface area contributed by atoms with Crippen LogP contribution in [0.1, 0.15) is 13.8 Å². The van der Waals surface area contributed by atoms with Gasteiger partial charge in [0, 0.05) is 0 Å². The molecule has 0 atom stereocenters. The maximum absolute atomic E-state index is 10.8. The van der Waals surface area contributed by atoms with E-state index in [0.717, 1.165) is 0 Å². The summed E-state index contributed by atoms with van der Waals surface area (Å²) in [4.78, 5) is 10.8. The lowest BCUT2D eigenvalue weighted by molar-refractivity contribution is -0.115. The predicted octanol–water partition coefficient (Wildman–Crippen LogP) is 1.59. The van der Waals surface area contributed by atoms with Gasteiger partial charge in [-0.25, -0.2) is 0 Å². The molecule has 0 aromatic heterocycles. The molecule has 1 aliphatic heterocycles. The zero-order valence-electron chi connectivity index (χ0n) is 4.97. The standard InChI is InChI=1S/C6H8OS/c1-6(2)5(7)3-4-8-6/h3-4H,1-2H3. The molecule has 0 saturated carbocycles. The van der Waals surface area contributed by atoms with Crippen molar-refractivity contribution in [1.29, 1.82) is 0 Å². The second-order valence-electron chi connectivity index (χ2n) is 2.30. The Hall–Kier alpha value is -0.240. The Morgan fingerprint density at radius 3 is 2.38 bits per heavy atom. The first kappa shape index (κ1) is 5.89. The summed E-state index contributed by atoms with van der Waals surface area (Å²) in [6, 6.07) is 0. The zero-order chi connectivity index (χ0) is 6.20. The van der Waals surface area contributed by atoms with E-state index in [0.29, 0.717) is 0 Å². The summed E-state index contributed by atoms with van der Waals surface area (Å²) in [5, 5.41) is 1.85. The second kappa shape index (κ2) is 1.62. The monoisotopic (exact) mass is 128 g/mol. The van der Waals surface area contributed by atoms with Crippen LogP contribution in [0, 0.1) is 0 Å². The van der Waals surface area contributed by atoms with Gasteiger partial charge in [0.15, 0.2) is 5.78 Å². The number of carbonyl (C=O) groups excluding carboxylic acids is 1. The smallest absolute Gasteiger partial charge is 0.171 e. The van der Waals surface area contributed by atoms with Crippen molar-refractivity contribution in [2.24, 2.45) is 0 Å². The summed E-state index contributed by atoms with van der Waals surface area (Å²) in [5.74, 6) is 0.225. The predicted molar refractivity (Wildman–Crippen MR) is 35.8 cm³/mol. The molecule has 0 fully saturated rings. The van der Waals surface area contributed by atoms with Gasteiger partial charge < -0.3 is 0 Å². The molecule has 0 saturated heterocycles. The van der Waals surface area contributed by atoms with Crippen molar-refractivity contribution >= 4 is 17.5 Å². The highest BCUT2D eigenvalue weighted by molar-refractivity contribution is 8.04. The zero-order valence-corrected chi connectivity index (χ0v) is 5.79. The number of allylic oxidation sites excluding steroid dienone is 1. The molecule has 0 aromatic carbocycles. The van der Waals surface area contributed by atoms with Gasteiger partial charge in [0.2, 0.25) is 0 Å². The Kier molecular flexibility index (Phi) is 1.19. The highest BCUT2D eigenvalue weighted by Gasteiger charge is 2.28. The molecule has 1 nitrogen and oxygen atoms in total. The Bertz CT molecular complexity index is 147. The van der Waals surface area contributed by atoms with Gasteiger partial charge in [-0.15, -0.1) is 11.8 Å². The first-order chi connectivity index (χ1) is 3.63. The first-order valence-corrected chi connectivity index (χ1v) is 3.40. The molecule has 2 heteroatoms. The van der Waals surface area contributed by atoms with Crippen LogP contribution in [0.25, 0.3) is 0 Å². The van der Waals surface area contributed by atoms with Crippen molar-refractivity contribution in [2.45, 2.75) is 18.6 Å². The van der Waals surface area contributed by atoms with Crippen LogP contribution in [0.15, 0.2) is 11.5 Å². The molecular weight excluding hydrogens is 120 g/mol. The molecule has 1 rings (SSSR count). The van der Waals surface area contributed by atoms with Gasteiger partial charge >= 0.3 is 0 Å². The third-order valence-corrected chi connectivity index (χ3v) is 2.24. The number of hydrogen-bond donors (Lipinski definition) is 0. The van der Waals surface area contributed by atoms with Crippen LogP contribution in [0.2, 0.25) is 0 Å². The lowest BCUT2D eigenvalue weighted by atomic mass is 10.1. The molecule has 1 aliphatic rings. The number of ketones is 1. The first-order valence-electron chi connectivity index (χ1n) is 2.52. The molecule has 0 aliphatic carbocycles. The van der Waals surface area contributed by atoms with Gasteiger partial charge in [-0.05, 0) is 25.3 Å². The molecule has 0 amide bonds. The largest absolute Gasteiger partial charge is 0.293 e. The van der Waals surface area contributed by atoms with Crippen LogP contribution in [0.3, 0.4) is 0 Å². The molecule has 0 spiro atoms. The Morgan fingerprint density at radius 2 is 2.25 bits per heavy atom. The van der Waals surface area contributed by atoms with Gasteiger partial charge in [-0.2, -0.15) is 0 Å². The van der Waals surface area contributed by atoms with Crippen LogP contribution >= 0.6 is 11.8 Å². The van der Waals surface area contributed by atoms with Crippen molar-refractivity contribution in [3.05, 3.63) is 11.5 Å². The van der Waals surface area contributed by atoms with Gasteiger partial charge in [0.05, 0.1) is 4.75 Å². The fraction of sp³-hybridized carbons (Fsp3) is 0.500. The van der Waals surface area contributed by atoms with Crippen molar-refractivity contribution in [3.63, 3.8) is 0 Å². The molecule has 0 radical (unpaired) electrons. The summed E-state index contributed by atoms with van der Waals surface area (Å²) < 4.78 is -0.181. The highest BCUT2D eigenvalue weighted by atomic mass is 32.2. The topological polar surface area (TPSA) is 17.1 Å². The number of rotatable bonds is 0.